The van der Waals surface area contributed by atoms with Crippen LogP contribution in [0.2, 0.25) is 5.02 Å². The normalized spacial score (nSPS) is 10.8. The molecular formula is C22H15ClFN3O2S. The smallest absolute Gasteiger partial charge is 0.257 e. The van der Waals surface area contributed by atoms with E-state index in [0.717, 1.165) is 11.1 Å². The summed E-state index contributed by atoms with van der Waals surface area (Å²) in [5, 5.41) is 6.04. The first kappa shape index (κ1) is 20.0. The highest BCUT2D eigenvalue weighted by Gasteiger charge is 2.14. The van der Waals surface area contributed by atoms with Crippen LogP contribution in [0, 0.1) is 12.7 Å². The summed E-state index contributed by atoms with van der Waals surface area (Å²) in [6.07, 6.45) is 0. The molecule has 2 N–H and O–H groups in total. The van der Waals surface area contributed by atoms with E-state index in [4.69, 9.17) is 28.2 Å². The first-order chi connectivity index (χ1) is 14.4. The number of nitrogens with zero attached hydrogens (tertiary/aromatic N) is 1. The molecule has 0 spiro atoms. The van der Waals surface area contributed by atoms with Gasteiger partial charge in [0.25, 0.3) is 5.91 Å². The summed E-state index contributed by atoms with van der Waals surface area (Å²) >= 11 is 11.6. The van der Waals surface area contributed by atoms with Gasteiger partial charge in [0.2, 0.25) is 5.89 Å². The lowest BCUT2D eigenvalue weighted by molar-refractivity contribution is 0.0977. The fourth-order valence-corrected chi connectivity index (χ4v) is 3.26. The third-order valence-electron chi connectivity index (χ3n) is 4.33. The van der Waals surface area contributed by atoms with Gasteiger partial charge in [-0.1, -0.05) is 17.7 Å². The Kier molecular flexibility index (Phi) is 5.48. The third kappa shape index (κ3) is 4.32. The summed E-state index contributed by atoms with van der Waals surface area (Å²) < 4.78 is 18.9. The summed E-state index contributed by atoms with van der Waals surface area (Å²) in [6, 6.07) is 16.0. The fourth-order valence-electron chi connectivity index (χ4n) is 2.85. The Hall–Kier alpha value is -3.29. The standard InChI is InChI=1S/C22H15ClFN3O2S/c1-12-2-9-18-19(10-12)29-21(26-18)16-11-15(7-8-17(16)23)25-22(30)27-20(28)13-3-5-14(24)6-4-13/h2-11H,1H3,(H2,25,27,28,30). The number of carbonyl (C=O) groups excluding carboxylic acids is 1. The quantitative estimate of drug-likeness (QED) is 0.399. The zero-order chi connectivity index (χ0) is 21.3. The summed E-state index contributed by atoms with van der Waals surface area (Å²) in [4.78, 5) is 16.7. The van der Waals surface area contributed by atoms with Crippen molar-refractivity contribution < 1.29 is 13.6 Å². The van der Waals surface area contributed by atoms with E-state index in [-0.39, 0.29) is 5.11 Å². The Bertz CT molecular complexity index is 1270. The van der Waals surface area contributed by atoms with Gasteiger partial charge in [-0.2, -0.15) is 0 Å². The molecule has 0 radical (unpaired) electrons. The monoisotopic (exact) mass is 439 g/mol. The minimum absolute atomic E-state index is 0.0887. The van der Waals surface area contributed by atoms with Gasteiger partial charge in [0.05, 0.1) is 10.6 Å². The third-order valence-corrected chi connectivity index (χ3v) is 4.87. The van der Waals surface area contributed by atoms with Gasteiger partial charge in [-0.05, 0) is 79.3 Å². The van der Waals surface area contributed by atoms with E-state index in [2.05, 4.69) is 15.6 Å². The Balaban J connectivity index is 1.53. The molecule has 8 heteroatoms. The molecule has 0 unspecified atom stereocenters. The number of carbonyl (C=O) groups is 1. The molecule has 0 bridgehead atoms. The van der Waals surface area contributed by atoms with Gasteiger partial charge in [0, 0.05) is 11.3 Å². The summed E-state index contributed by atoms with van der Waals surface area (Å²) in [7, 11) is 0. The van der Waals surface area contributed by atoms with E-state index < -0.39 is 11.7 Å². The second kappa shape index (κ2) is 8.22. The van der Waals surface area contributed by atoms with E-state index in [1.54, 1.807) is 18.2 Å². The van der Waals surface area contributed by atoms with Gasteiger partial charge in [-0.25, -0.2) is 9.37 Å². The summed E-state index contributed by atoms with van der Waals surface area (Å²) in [6.45, 7) is 1.97. The average Bonchev–Trinajstić information content (AvgIpc) is 3.12. The van der Waals surface area contributed by atoms with Crippen molar-refractivity contribution in [2.45, 2.75) is 6.92 Å². The van der Waals surface area contributed by atoms with Crippen molar-refractivity contribution in [3.8, 4) is 11.5 Å². The van der Waals surface area contributed by atoms with Gasteiger partial charge >= 0.3 is 0 Å². The molecule has 3 aromatic carbocycles. The molecule has 0 saturated heterocycles. The molecule has 1 amide bonds. The van der Waals surface area contributed by atoms with Crippen LogP contribution < -0.4 is 10.6 Å². The van der Waals surface area contributed by atoms with Crippen LogP contribution in [-0.4, -0.2) is 16.0 Å². The number of hydrogen-bond acceptors (Lipinski definition) is 4. The van der Waals surface area contributed by atoms with Crippen LogP contribution in [0.1, 0.15) is 15.9 Å². The van der Waals surface area contributed by atoms with Crippen molar-refractivity contribution in [1.82, 2.24) is 10.3 Å². The topological polar surface area (TPSA) is 67.2 Å². The first-order valence-corrected chi connectivity index (χ1v) is 9.73. The zero-order valence-electron chi connectivity index (χ0n) is 15.7. The lowest BCUT2D eigenvalue weighted by Crippen LogP contribution is -2.34. The highest BCUT2D eigenvalue weighted by molar-refractivity contribution is 7.80. The van der Waals surface area contributed by atoms with Gasteiger partial charge < -0.3 is 9.73 Å². The van der Waals surface area contributed by atoms with Crippen molar-refractivity contribution in [3.05, 3.63) is 82.6 Å². The van der Waals surface area contributed by atoms with Crippen LogP contribution in [-0.2, 0) is 0 Å². The predicted octanol–water partition coefficient (Wildman–Crippen LogP) is 5.72. The van der Waals surface area contributed by atoms with Crippen LogP contribution in [0.5, 0.6) is 0 Å². The van der Waals surface area contributed by atoms with E-state index in [1.165, 1.54) is 24.3 Å². The maximum Gasteiger partial charge on any atom is 0.257 e. The lowest BCUT2D eigenvalue weighted by Gasteiger charge is -2.11. The van der Waals surface area contributed by atoms with Crippen molar-refractivity contribution >= 4 is 51.6 Å². The molecule has 0 aliphatic heterocycles. The second-order valence-corrected chi connectivity index (χ2v) is 7.42. The van der Waals surface area contributed by atoms with E-state index >= 15 is 0 Å². The van der Waals surface area contributed by atoms with Gasteiger partial charge in [0.1, 0.15) is 11.3 Å². The second-order valence-electron chi connectivity index (χ2n) is 6.60. The number of nitrogens with one attached hydrogen (secondary N) is 2. The molecule has 30 heavy (non-hydrogen) atoms. The van der Waals surface area contributed by atoms with Gasteiger partial charge in [-0.15, -0.1) is 0 Å². The molecule has 1 aromatic heterocycles. The van der Waals surface area contributed by atoms with Gasteiger partial charge in [0.15, 0.2) is 10.7 Å². The highest BCUT2D eigenvalue weighted by atomic mass is 35.5. The Labute approximate surface area is 181 Å². The minimum atomic E-state index is -0.448. The highest BCUT2D eigenvalue weighted by Crippen LogP contribution is 2.32. The number of benzene rings is 3. The number of anilines is 1. The number of fused-ring (bicyclic) bond motifs is 1. The number of halogens is 2. The van der Waals surface area contributed by atoms with Crippen LogP contribution in [0.15, 0.2) is 65.1 Å². The summed E-state index contributed by atoms with van der Waals surface area (Å²) in [5.41, 5.74) is 3.93. The molecule has 0 saturated carbocycles. The van der Waals surface area contributed by atoms with Crippen molar-refractivity contribution in [2.75, 3.05) is 5.32 Å². The number of aromatic nitrogens is 1. The number of hydrogen-bond donors (Lipinski definition) is 2. The average molecular weight is 440 g/mol. The number of amides is 1. The zero-order valence-corrected chi connectivity index (χ0v) is 17.3. The number of thiocarbonyl (C=S) groups is 1. The number of oxazole rings is 1. The SMILES string of the molecule is Cc1ccc2nc(-c3cc(NC(=S)NC(=O)c4ccc(F)cc4)ccc3Cl)oc2c1. The Morgan fingerprint density at radius 1 is 1.10 bits per heavy atom. The number of rotatable bonds is 3. The largest absolute Gasteiger partial charge is 0.436 e. The number of aryl methyl sites for hydroxylation is 1. The van der Waals surface area contributed by atoms with Crippen LogP contribution in [0.3, 0.4) is 0 Å². The molecule has 4 aromatic rings. The van der Waals surface area contributed by atoms with Crippen LogP contribution >= 0.6 is 23.8 Å². The molecule has 0 aliphatic carbocycles. The van der Waals surface area contributed by atoms with E-state index in [9.17, 15) is 9.18 Å². The molecule has 150 valence electrons. The fraction of sp³-hybridized carbons (Fsp3) is 0.0455. The molecule has 0 aliphatic rings. The minimum Gasteiger partial charge on any atom is -0.436 e. The molecule has 0 atom stereocenters. The van der Waals surface area contributed by atoms with E-state index in [1.807, 2.05) is 25.1 Å². The predicted molar refractivity (Wildman–Crippen MR) is 119 cm³/mol. The van der Waals surface area contributed by atoms with Crippen LogP contribution in [0.25, 0.3) is 22.6 Å². The summed E-state index contributed by atoms with van der Waals surface area (Å²) in [5.74, 6) is -0.489. The molecule has 0 fully saturated rings. The van der Waals surface area contributed by atoms with Crippen molar-refractivity contribution in [1.29, 1.82) is 0 Å². The maximum absolute atomic E-state index is 13.0. The van der Waals surface area contributed by atoms with E-state index in [0.29, 0.717) is 33.3 Å². The first-order valence-electron chi connectivity index (χ1n) is 8.94. The Morgan fingerprint density at radius 2 is 1.87 bits per heavy atom. The molecule has 1 heterocycles. The molecule has 5 nitrogen and oxygen atoms in total. The van der Waals surface area contributed by atoms with Crippen molar-refractivity contribution in [3.63, 3.8) is 0 Å². The maximum atomic E-state index is 13.0. The van der Waals surface area contributed by atoms with Crippen LogP contribution in [0.4, 0.5) is 10.1 Å². The van der Waals surface area contributed by atoms with Crippen molar-refractivity contribution in [2.24, 2.45) is 0 Å². The Morgan fingerprint density at radius 3 is 2.63 bits per heavy atom. The lowest BCUT2D eigenvalue weighted by atomic mass is 10.2. The molecule has 4 rings (SSSR count). The van der Waals surface area contributed by atoms with Gasteiger partial charge in [-0.3, -0.25) is 10.1 Å². The molecular weight excluding hydrogens is 425 g/mol.